The topological polar surface area (TPSA) is 261 Å². The molecule has 1 aromatic heterocycles. The highest BCUT2D eigenvalue weighted by molar-refractivity contribution is 8.02. The SMILES string of the molecule is CCSC/C(CSC(C)(C)C)=N/OCC(=O)N[C@@H](CC(C)C)C(=O)N[C@@H](CCCNC(N)=O)C(=O)Nc1ccc(COC(=O)NCc2cn(CCOCCOCCOCCC(C)(C)C)nn2)cc1. The van der Waals surface area contributed by atoms with Gasteiger partial charge in [-0.1, -0.05) is 84.8 Å². The second-order valence-corrected chi connectivity index (χ2v) is 21.5. The predicted octanol–water partition coefficient (Wildman–Crippen LogP) is 5.25. The van der Waals surface area contributed by atoms with Crippen LogP contribution < -0.4 is 32.3 Å². The summed E-state index contributed by atoms with van der Waals surface area (Å²) in [4.78, 5) is 69.5. The van der Waals surface area contributed by atoms with Crippen molar-refractivity contribution in [1.29, 1.82) is 0 Å². The molecule has 384 valence electrons. The van der Waals surface area contributed by atoms with Gasteiger partial charge >= 0.3 is 12.1 Å². The zero-order chi connectivity index (χ0) is 50.4. The van der Waals surface area contributed by atoms with E-state index in [0.717, 1.165) is 17.9 Å². The molecule has 0 saturated carbocycles. The summed E-state index contributed by atoms with van der Waals surface area (Å²) in [5.41, 5.74) is 7.92. The van der Waals surface area contributed by atoms with Crippen LogP contribution in [0, 0.1) is 11.3 Å². The van der Waals surface area contributed by atoms with Gasteiger partial charge in [-0.25, -0.2) is 14.3 Å². The van der Waals surface area contributed by atoms with Crippen molar-refractivity contribution in [2.24, 2.45) is 22.2 Å². The van der Waals surface area contributed by atoms with E-state index in [9.17, 15) is 24.0 Å². The van der Waals surface area contributed by atoms with Crippen molar-refractivity contribution >= 4 is 64.8 Å². The number of urea groups is 1. The van der Waals surface area contributed by atoms with Gasteiger partial charge in [0.1, 0.15) is 24.4 Å². The quantitative estimate of drug-likeness (QED) is 0.0298. The van der Waals surface area contributed by atoms with E-state index in [1.165, 1.54) is 0 Å². The monoisotopic (exact) mass is 995 g/mol. The molecular formula is C46H78N10O10S2. The minimum atomic E-state index is -1.03. The van der Waals surface area contributed by atoms with Crippen LogP contribution in [0.2, 0.25) is 0 Å². The summed E-state index contributed by atoms with van der Waals surface area (Å²) in [6.07, 6.45) is 2.82. The van der Waals surface area contributed by atoms with Crippen molar-refractivity contribution in [1.82, 2.24) is 36.3 Å². The molecule has 2 rings (SSSR count). The maximum atomic E-state index is 13.7. The summed E-state index contributed by atoms with van der Waals surface area (Å²) in [6, 6.07) is 3.94. The number of hydrogen-bond acceptors (Lipinski definition) is 15. The molecular weight excluding hydrogens is 917 g/mol. The molecule has 0 aliphatic carbocycles. The van der Waals surface area contributed by atoms with Crippen LogP contribution in [0.1, 0.15) is 99.3 Å². The molecule has 20 nitrogen and oxygen atoms in total. The molecule has 0 radical (unpaired) electrons. The number of ether oxygens (including phenoxy) is 4. The molecule has 0 aliphatic heterocycles. The Hall–Kier alpha value is -4.64. The molecule has 0 unspecified atom stereocenters. The molecule has 6 amide bonds. The summed E-state index contributed by atoms with van der Waals surface area (Å²) >= 11 is 3.44. The lowest BCUT2D eigenvalue weighted by molar-refractivity contribution is -0.133. The van der Waals surface area contributed by atoms with Crippen molar-refractivity contribution < 1.29 is 47.8 Å². The third-order valence-corrected chi connectivity index (χ3v) is 11.6. The molecule has 2 atom stereocenters. The molecule has 2 aromatic rings. The summed E-state index contributed by atoms with van der Waals surface area (Å²) in [6.45, 7) is 22.3. The highest BCUT2D eigenvalue weighted by Gasteiger charge is 2.28. The fourth-order valence-corrected chi connectivity index (χ4v) is 7.16. The largest absolute Gasteiger partial charge is 0.445 e. The summed E-state index contributed by atoms with van der Waals surface area (Å²) in [5, 5.41) is 25.9. The second kappa shape index (κ2) is 33.0. The number of rotatable bonds is 34. The molecule has 1 aromatic carbocycles. The van der Waals surface area contributed by atoms with Gasteiger partial charge in [-0.05, 0) is 60.5 Å². The number of primary amides is 1. The minimum Gasteiger partial charge on any atom is -0.445 e. The zero-order valence-corrected chi connectivity index (χ0v) is 43.2. The van der Waals surface area contributed by atoms with E-state index in [0.29, 0.717) is 87.5 Å². The lowest BCUT2D eigenvalue weighted by Gasteiger charge is -2.24. The van der Waals surface area contributed by atoms with Crippen LogP contribution in [-0.4, -0.2) is 137 Å². The lowest BCUT2D eigenvalue weighted by Crippen LogP contribution is -2.53. The summed E-state index contributed by atoms with van der Waals surface area (Å²) in [7, 11) is 0. The Morgan fingerprint density at radius 3 is 2.16 bits per heavy atom. The minimum absolute atomic E-state index is 0.0210. The number of nitrogens with one attached hydrogen (secondary N) is 5. The number of anilines is 1. The van der Waals surface area contributed by atoms with E-state index in [1.54, 1.807) is 58.7 Å². The van der Waals surface area contributed by atoms with E-state index < -0.39 is 41.9 Å². The van der Waals surface area contributed by atoms with Crippen LogP contribution in [0.4, 0.5) is 15.3 Å². The number of amides is 6. The number of oxime groups is 1. The summed E-state index contributed by atoms with van der Waals surface area (Å²) in [5.74, 6) is 0.668. The lowest BCUT2D eigenvalue weighted by atomic mass is 9.93. The van der Waals surface area contributed by atoms with Gasteiger partial charge in [-0.15, -0.1) is 16.9 Å². The number of nitrogens with zero attached hydrogens (tertiary/aromatic N) is 4. The Morgan fingerprint density at radius 2 is 1.53 bits per heavy atom. The van der Waals surface area contributed by atoms with E-state index in [2.05, 4.69) is 90.5 Å². The first-order valence-corrected chi connectivity index (χ1v) is 25.3. The number of carbonyl (C=O) groups excluding carboxylic acids is 5. The Morgan fingerprint density at radius 1 is 0.853 bits per heavy atom. The number of carbonyl (C=O) groups is 5. The van der Waals surface area contributed by atoms with Gasteiger partial charge < -0.3 is 56.1 Å². The van der Waals surface area contributed by atoms with Gasteiger partial charge in [-0.2, -0.15) is 11.8 Å². The first-order chi connectivity index (χ1) is 32.2. The zero-order valence-electron chi connectivity index (χ0n) is 41.6. The molecule has 0 saturated heterocycles. The van der Waals surface area contributed by atoms with Crippen molar-refractivity contribution in [3.63, 3.8) is 0 Å². The Kier molecular flexibility index (Phi) is 28.9. The van der Waals surface area contributed by atoms with Crippen LogP contribution in [0.25, 0.3) is 0 Å². The maximum Gasteiger partial charge on any atom is 0.407 e. The highest BCUT2D eigenvalue weighted by Crippen LogP contribution is 2.24. The molecule has 0 fully saturated rings. The van der Waals surface area contributed by atoms with E-state index in [-0.39, 0.29) is 48.8 Å². The molecule has 68 heavy (non-hydrogen) atoms. The van der Waals surface area contributed by atoms with Crippen LogP contribution in [-0.2, 0) is 57.9 Å². The van der Waals surface area contributed by atoms with Gasteiger partial charge in [0.15, 0.2) is 6.61 Å². The van der Waals surface area contributed by atoms with Gasteiger partial charge in [0, 0.05) is 35.1 Å². The number of thioether (sulfide) groups is 2. The molecule has 7 N–H and O–H groups in total. The van der Waals surface area contributed by atoms with E-state index in [1.807, 2.05) is 13.8 Å². The second-order valence-electron chi connectivity index (χ2n) is 18.4. The Labute approximate surface area is 411 Å². The van der Waals surface area contributed by atoms with Crippen LogP contribution in [0.5, 0.6) is 0 Å². The van der Waals surface area contributed by atoms with E-state index >= 15 is 0 Å². The molecule has 22 heteroatoms. The highest BCUT2D eigenvalue weighted by atomic mass is 32.2. The van der Waals surface area contributed by atoms with Crippen LogP contribution >= 0.6 is 23.5 Å². The van der Waals surface area contributed by atoms with Gasteiger partial charge in [0.05, 0.1) is 58.0 Å². The third kappa shape index (κ3) is 30.0. The standard InChI is InChI=1S/C46H78N10O10S2/c1-10-67-31-37(32-68-46(7,8)9)54-66-30-40(57)51-39(26-33(2)3)42(59)52-38(12-11-18-48-43(47)60)41(58)50-35-15-13-34(14-16-35)29-65-44(61)49-27-36-28-56(55-53-36)19-21-63-23-25-64-24-22-62-20-17-45(4,5)6/h13-16,28,33,38-39H,10-12,17-27,29-32H2,1-9H3,(H,49,61)(H,50,58)(H,51,57)(H,52,59)(H3,47,48,60)/b54-37-/t38-,39-/m0/s1. The van der Waals surface area contributed by atoms with Gasteiger partial charge in [0.2, 0.25) is 11.8 Å². The fraction of sp³-hybridized carbons (Fsp3) is 0.696. The van der Waals surface area contributed by atoms with Gasteiger partial charge in [-0.3, -0.25) is 14.4 Å². The molecule has 0 bridgehead atoms. The van der Waals surface area contributed by atoms with Crippen LogP contribution in [0.15, 0.2) is 35.6 Å². The Balaban J connectivity index is 1.86. The number of aromatic nitrogens is 3. The summed E-state index contributed by atoms with van der Waals surface area (Å²) < 4.78 is 23.8. The van der Waals surface area contributed by atoms with Crippen LogP contribution in [0.3, 0.4) is 0 Å². The van der Waals surface area contributed by atoms with E-state index in [4.69, 9.17) is 29.5 Å². The number of nitrogens with two attached hydrogens (primary N) is 1. The first kappa shape index (κ1) is 59.5. The molecule has 1 heterocycles. The Bertz CT molecular complexity index is 1820. The normalized spacial score (nSPS) is 12.8. The first-order valence-electron chi connectivity index (χ1n) is 23.2. The predicted molar refractivity (Wildman–Crippen MR) is 267 cm³/mol. The fourth-order valence-electron chi connectivity index (χ4n) is 5.68. The molecule has 0 spiro atoms. The number of hydrogen-bond donors (Lipinski definition) is 6. The van der Waals surface area contributed by atoms with Crippen molar-refractivity contribution in [2.75, 3.05) is 75.4 Å². The van der Waals surface area contributed by atoms with Crippen molar-refractivity contribution in [3.05, 3.63) is 41.7 Å². The van der Waals surface area contributed by atoms with Crippen molar-refractivity contribution in [3.8, 4) is 0 Å². The maximum absolute atomic E-state index is 13.7. The average molecular weight is 995 g/mol. The van der Waals surface area contributed by atoms with Crippen molar-refractivity contribution in [2.45, 2.75) is 125 Å². The number of benzene rings is 1. The smallest absolute Gasteiger partial charge is 0.407 e. The average Bonchev–Trinajstić information content (AvgIpc) is 3.72. The number of alkyl carbamates (subject to hydrolysis) is 1. The third-order valence-electron chi connectivity index (χ3n) is 9.29. The molecule has 0 aliphatic rings. The van der Waals surface area contributed by atoms with Gasteiger partial charge in [0.25, 0.3) is 5.91 Å².